The summed E-state index contributed by atoms with van der Waals surface area (Å²) in [6.45, 7) is 14.0. The first kappa shape index (κ1) is 15.3. The smallest absolute Gasteiger partial charge is 0.175 e. The van der Waals surface area contributed by atoms with Gasteiger partial charge in [0.2, 0.25) is 0 Å². The molecule has 0 aromatic carbocycles. The number of rotatable bonds is 7. The Morgan fingerprint density at radius 2 is 1.67 bits per heavy atom. The Hall–Kier alpha value is 0.314. The molecule has 0 saturated carbocycles. The van der Waals surface area contributed by atoms with Gasteiger partial charge < -0.3 is 14.0 Å². The maximum atomic E-state index is 9.03. The van der Waals surface area contributed by atoms with Crippen LogP contribution in [0.4, 0.5) is 0 Å². The van der Waals surface area contributed by atoms with E-state index in [2.05, 4.69) is 32.7 Å². The first-order valence-electron chi connectivity index (χ1n) is 5.58. The van der Waals surface area contributed by atoms with Crippen molar-refractivity contribution >= 4 is 16.6 Å². The molecule has 0 aliphatic heterocycles. The Kier molecular flexibility index (Phi) is 6.28. The lowest BCUT2D eigenvalue weighted by Crippen LogP contribution is -2.42. The maximum absolute atomic E-state index is 9.03. The summed E-state index contributed by atoms with van der Waals surface area (Å²) in [7, 11) is -2.97. The van der Waals surface area contributed by atoms with Crippen molar-refractivity contribution in [3.63, 3.8) is 0 Å². The van der Waals surface area contributed by atoms with Crippen molar-refractivity contribution in [2.24, 2.45) is 0 Å². The van der Waals surface area contributed by atoms with Gasteiger partial charge in [-0.05, 0) is 45.7 Å². The van der Waals surface area contributed by atoms with E-state index in [1.807, 2.05) is 0 Å². The molecule has 0 fully saturated rings. The van der Waals surface area contributed by atoms with Crippen LogP contribution in [0, 0.1) is 0 Å². The van der Waals surface area contributed by atoms with Crippen molar-refractivity contribution in [2.45, 2.75) is 51.8 Å². The number of hydrogen-bond donors (Lipinski definition) is 1. The number of aliphatic hydroxyl groups is 1. The molecule has 0 aliphatic rings. The molecule has 0 aromatic heterocycles. The zero-order valence-electron chi connectivity index (χ0n) is 11.0. The Morgan fingerprint density at radius 1 is 1.13 bits per heavy atom. The van der Waals surface area contributed by atoms with Crippen LogP contribution < -0.4 is 0 Å². The van der Waals surface area contributed by atoms with E-state index in [0.29, 0.717) is 13.2 Å². The second-order valence-electron chi connectivity index (χ2n) is 5.65. The summed E-state index contributed by atoms with van der Waals surface area (Å²) < 4.78 is 11.5. The second kappa shape index (κ2) is 6.15. The molecule has 15 heavy (non-hydrogen) atoms. The van der Waals surface area contributed by atoms with Gasteiger partial charge in [-0.3, -0.25) is 0 Å². The fourth-order valence-corrected chi connectivity index (χ4v) is 9.13. The van der Waals surface area contributed by atoms with Crippen molar-refractivity contribution in [1.29, 1.82) is 0 Å². The van der Waals surface area contributed by atoms with Crippen LogP contribution in [0.5, 0.6) is 0 Å². The molecule has 0 heterocycles. The SMILES string of the molecule is CC(O)COCC[Si](C)(C)O[Si](C)(C)C. The Balaban J connectivity index is 3.74. The van der Waals surface area contributed by atoms with Crippen LogP contribution in [0.3, 0.4) is 0 Å². The summed E-state index contributed by atoms with van der Waals surface area (Å²) in [6, 6.07) is 1.00. The number of hydrogen-bond acceptors (Lipinski definition) is 3. The highest BCUT2D eigenvalue weighted by molar-refractivity contribution is 6.84. The molecular formula is C10H26O3Si2. The number of ether oxygens (including phenoxy) is 1. The zero-order chi connectivity index (χ0) is 12.1. The molecule has 0 aliphatic carbocycles. The van der Waals surface area contributed by atoms with E-state index >= 15 is 0 Å². The van der Waals surface area contributed by atoms with Crippen LogP contribution in [-0.4, -0.2) is 41.1 Å². The van der Waals surface area contributed by atoms with Gasteiger partial charge in [0.1, 0.15) is 0 Å². The third-order valence-corrected chi connectivity index (χ3v) is 7.86. The quantitative estimate of drug-likeness (QED) is 0.557. The Morgan fingerprint density at radius 3 is 2.07 bits per heavy atom. The molecule has 0 aromatic rings. The molecule has 5 heteroatoms. The lowest BCUT2D eigenvalue weighted by atomic mass is 10.4. The van der Waals surface area contributed by atoms with Crippen molar-refractivity contribution < 1.29 is 14.0 Å². The van der Waals surface area contributed by atoms with E-state index in [1.165, 1.54) is 0 Å². The first-order valence-corrected chi connectivity index (χ1v) is 12.1. The van der Waals surface area contributed by atoms with Gasteiger partial charge in [0.25, 0.3) is 0 Å². The molecule has 0 rings (SSSR count). The third-order valence-electron chi connectivity index (χ3n) is 1.79. The Labute approximate surface area is 96.1 Å². The van der Waals surface area contributed by atoms with Crippen molar-refractivity contribution in [3.05, 3.63) is 0 Å². The lowest BCUT2D eigenvalue weighted by Gasteiger charge is -2.31. The highest BCUT2D eigenvalue weighted by Crippen LogP contribution is 2.17. The molecule has 1 unspecified atom stereocenters. The fourth-order valence-electron chi connectivity index (χ4n) is 1.45. The molecule has 0 bridgehead atoms. The summed E-state index contributed by atoms with van der Waals surface area (Å²) >= 11 is 0. The normalized spacial score (nSPS) is 15.4. The lowest BCUT2D eigenvalue weighted by molar-refractivity contribution is 0.0517. The van der Waals surface area contributed by atoms with E-state index < -0.39 is 16.6 Å². The summed E-state index contributed by atoms with van der Waals surface area (Å²) in [6.07, 6.45) is -0.368. The van der Waals surface area contributed by atoms with Crippen LogP contribution in [0.25, 0.3) is 0 Å². The fraction of sp³-hybridized carbons (Fsp3) is 1.00. The van der Waals surface area contributed by atoms with Gasteiger partial charge in [-0.25, -0.2) is 0 Å². The predicted octanol–water partition coefficient (Wildman–Crippen LogP) is 2.44. The van der Waals surface area contributed by atoms with Crippen LogP contribution in [0.2, 0.25) is 38.8 Å². The maximum Gasteiger partial charge on any atom is 0.175 e. The first-order chi connectivity index (χ1) is 6.62. The van der Waals surface area contributed by atoms with Gasteiger partial charge in [0, 0.05) is 6.61 Å². The molecule has 3 nitrogen and oxygen atoms in total. The molecule has 1 atom stereocenters. The van der Waals surface area contributed by atoms with Crippen LogP contribution >= 0.6 is 0 Å². The highest BCUT2D eigenvalue weighted by atomic mass is 28.4. The second-order valence-corrected chi connectivity index (χ2v) is 14.7. The van der Waals surface area contributed by atoms with E-state index in [9.17, 15) is 0 Å². The predicted molar refractivity (Wildman–Crippen MR) is 69.2 cm³/mol. The minimum Gasteiger partial charge on any atom is -0.456 e. The van der Waals surface area contributed by atoms with Crippen LogP contribution in [0.15, 0.2) is 0 Å². The number of aliphatic hydroxyl groups excluding tert-OH is 1. The van der Waals surface area contributed by atoms with Crippen molar-refractivity contribution in [2.75, 3.05) is 13.2 Å². The summed E-state index contributed by atoms with van der Waals surface area (Å²) in [5, 5.41) is 9.03. The van der Waals surface area contributed by atoms with Crippen LogP contribution in [0.1, 0.15) is 6.92 Å². The van der Waals surface area contributed by atoms with E-state index in [0.717, 1.165) is 6.04 Å². The average Bonchev–Trinajstić information content (AvgIpc) is 1.93. The standard InChI is InChI=1S/C10H26O3Si2/c1-10(11)9-12-7-8-15(5,6)13-14(2,3)4/h10-11H,7-9H2,1-6H3. The minimum absolute atomic E-state index is 0.368. The molecule has 92 valence electrons. The molecule has 0 spiro atoms. The molecular weight excluding hydrogens is 224 g/mol. The van der Waals surface area contributed by atoms with E-state index in [-0.39, 0.29) is 6.10 Å². The molecule has 0 radical (unpaired) electrons. The van der Waals surface area contributed by atoms with E-state index in [4.69, 9.17) is 14.0 Å². The highest BCUT2D eigenvalue weighted by Gasteiger charge is 2.29. The van der Waals surface area contributed by atoms with Gasteiger partial charge in [-0.15, -0.1) is 0 Å². The molecule has 1 N–H and O–H groups in total. The van der Waals surface area contributed by atoms with Gasteiger partial charge in [-0.2, -0.15) is 0 Å². The average molecular weight is 250 g/mol. The van der Waals surface area contributed by atoms with Crippen LogP contribution in [-0.2, 0) is 8.85 Å². The van der Waals surface area contributed by atoms with Crippen molar-refractivity contribution in [3.8, 4) is 0 Å². The van der Waals surface area contributed by atoms with Crippen molar-refractivity contribution in [1.82, 2.24) is 0 Å². The van der Waals surface area contributed by atoms with Gasteiger partial charge in [0.15, 0.2) is 16.6 Å². The summed E-state index contributed by atoms with van der Waals surface area (Å²) in [4.78, 5) is 0. The summed E-state index contributed by atoms with van der Waals surface area (Å²) in [5.74, 6) is 0. The van der Waals surface area contributed by atoms with E-state index in [1.54, 1.807) is 6.92 Å². The Bertz CT molecular complexity index is 176. The van der Waals surface area contributed by atoms with Gasteiger partial charge >= 0.3 is 0 Å². The zero-order valence-corrected chi connectivity index (χ0v) is 13.0. The minimum atomic E-state index is -1.56. The monoisotopic (exact) mass is 250 g/mol. The molecule has 0 amide bonds. The van der Waals surface area contributed by atoms with Gasteiger partial charge in [-0.1, -0.05) is 0 Å². The largest absolute Gasteiger partial charge is 0.456 e. The third kappa shape index (κ3) is 10.6. The summed E-state index contributed by atoms with van der Waals surface area (Å²) in [5.41, 5.74) is 0. The topological polar surface area (TPSA) is 38.7 Å². The van der Waals surface area contributed by atoms with Gasteiger partial charge in [0.05, 0.1) is 12.7 Å². The molecule has 0 saturated heterocycles.